The number of carboxylic acid groups (broad SMARTS) is 1. The van der Waals surface area contributed by atoms with Gasteiger partial charge in [0.25, 0.3) is 0 Å². The molecule has 4 saturated carbocycles. The van der Waals surface area contributed by atoms with E-state index in [0.717, 1.165) is 46.4 Å². The van der Waals surface area contributed by atoms with Gasteiger partial charge >= 0.3 is 6.09 Å². The zero-order valence-electron chi connectivity index (χ0n) is 30.4. The molecule has 7 rings (SSSR count). The monoisotopic (exact) mass is 729 g/mol. The van der Waals surface area contributed by atoms with Crippen LogP contribution in [-0.2, 0) is 28.9 Å². The van der Waals surface area contributed by atoms with E-state index in [1.165, 1.54) is 38.5 Å². The van der Waals surface area contributed by atoms with E-state index in [4.69, 9.17) is 20.7 Å². The molecule has 4 aliphatic rings. The molecular weight excluding hydrogens is 678 g/mol. The first-order valence-corrected chi connectivity index (χ1v) is 18.5. The molecule has 4 bridgehead atoms. The van der Waals surface area contributed by atoms with Gasteiger partial charge in [0.1, 0.15) is 23.9 Å². The number of hydrogen-bond donors (Lipinski definition) is 8. The highest BCUT2D eigenvalue weighted by molar-refractivity contribution is 5.91. The van der Waals surface area contributed by atoms with Gasteiger partial charge in [0, 0.05) is 38.2 Å². The second kappa shape index (κ2) is 16.2. The first-order chi connectivity index (χ1) is 25.3. The van der Waals surface area contributed by atoms with Crippen LogP contribution in [0, 0.1) is 42.4 Å². The van der Waals surface area contributed by atoms with Crippen molar-refractivity contribution in [2.45, 2.75) is 103 Å². The van der Waals surface area contributed by atoms with Gasteiger partial charge in [-0.05, 0) is 135 Å². The minimum Gasteiger partial charge on any atom is -0.508 e. The number of carbonyl (C=O) groups is 3. The largest absolute Gasteiger partial charge is 0.508 e. The van der Waals surface area contributed by atoms with Crippen LogP contribution < -0.4 is 27.0 Å². The molecule has 0 saturated heterocycles. The number of pyridine rings is 1. The Labute approximate surface area is 308 Å². The molecule has 1 aromatic carbocycles. The number of aromatic hydroxyl groups is 1. The number of carbonyl (C=O) groups excluding carboxylic acids is 2. The third-order valence-corrected chi connectivity index (χ3v) is 11.3. The molecule has 2 aromatic heterocycles. The van der Waals surface area contributed by atoms with Crippen molar-refractivity contribution in [3.63, 3.8) is 0 Å². The molecule has 284 valence electrons. The van der Waals surface area contributed by atoms with Crippen LogP contribution in [0.4, 0.5) is 4.79 Å². The average Bonchev–Trinajstić information content (AvgIpc) is 3.54. The summed E-state index contributed by atoms with van der Waals surface area (Å²) in [5, 5.41) is 42.2. The predicted molar refractivity (Wildman–Crippen MR) is 195 cm³/mol. The van der Waals surface area contributed by atoms with Crippen molar-refractivity contribution >= 4 is 23.9 Å². The minimum absolute atomic E-state index is 0.0598. The average molecular weight is 730 g/mol. The third kappa shape index (κ3) is 9.62. The second-order valence-corrected chi connectivity index (χ2v) is 15.6. The summed E-state index contributed by atoms with van der Waals surface area (Å²) in [4.78, 5) is 48.7. The zero-order chi connectivity index (χ0) is 37.7. The number of hydrogen-bond acceptors (Lipinski definition) is 9. The lowest BCUT2D eigenvalue weighted by atomic mass is 9.49. The van der Waals surface area contributed by atoms with Crippen molar-refractivity contribution in [3.8, 4) is 5.75 Å². The van der Waals surface area contributed by atoms with Crippen molar-refractivity contribution in [1.82, 2.24) is 36.4 Å². The first kappa shape index (κ1) is 37.5. The van der Waals surface area contributed by atoms with Crippen molar-refractivity contribution in [3.05, 3.63) is 70.6 Å². The van der Waals surface area contributed by atoms with Gasteiger partial charge < -0.3 is 41.7 Å². The van der Waals surface area contributed by atoms with Crippen molar-refractivity contribution < 1.29 is 29.1 Å². The van der Waals surface area contributed by atoms with E-state index in [1.807, 2.05) is 26.0 Å². The predicted octanol–water partition coefficient (Wildman–Crippen LogP) is 3.57. The number of rotatable bonds is 16. The molecule has 0 radical (unpaired) electrons. The molecule has 0 aliphatic heterocycles. The molecule has 3 amide bonds. The summed E-state index contributed by atoms with van der Waals surface area (Å²) in [7, 11) is 0. The van der Waals surface area contributed by atoms with Gasteiger partial charge in [-0.25, -0.2) is 4.79 Å². The molecule has 0 spiro atoms. The summed E-state index contributed by atoms with van der Waals surface area (Å²) < 4.78 is 5.89. The number of nitrogens with zero attached hydrogens (tertiary/aromatic N) is 3. The Bertz CT molecular complexity index is 1740. The highest BCUT2D eigenvalue weighted by Gasteiger charge is 2.51. The van der Waals surface area contributed by atoms with E-state index in [9.17, 15) is 24.6 Å². The quantitative estimate of drug-likeness (QED) is 0.0602. The summed E-state index contributed by atoms with van der Waals surface area (Å²) in [6, 6.07) is 3.79. The number of guanidine groups is 1. The molecule has 4 aliphatic carbocycles. The topological polar surface area (TPSA) is 241 Å². The Morgan fingerprint density at radius 2 is 1.58 bits per heavy atom. The normalized spacial score (nSPS) is 23.1. The van der Waals surface area contributed by atoms with Crippen LogP contribution in [0.5, 0.6) is 5.75 Å². The summed E-state index contributed by atoms with van der Waals surface area (Å²) in [6.45, 7) is 3.87. The maximum Gasteiger partial charge on any atom is 0.405 e. The summed E-state index contributed by atoms with van der Waals surface area (Å²) >= 11 is 0. The molecule has 9 N–H and O–H groups in total. The van der Waals surface area contributed by atoms with Crippen LogP contribution in [0.2, 0.25) is 0 Å². The molecule has 4 fully saturated rings. The summed E-state index contributed by atoms with van der Waals surface area (Å²) in [6.07, 6.45) is 11.1. The molecule has 15 nitrogen and oxygen atoms in total. The van der Waals surface area contributed by atoms with E-state index < -0.39 is 36.0 Å². The van der Waals surface area contributed by atoms with Crippen LogP contribution in [0.1, 0.15) is 91.4 Å². The summed E-state index contributed by atoms with van der Waals surface area (Å²) in [5.74, 6) is 1.86. The number of benzene rings is 1. The number of phenolic OH excluding ortho intramolecular Hbond substituents is 1. The molecule has 3 atom stereocenters. The molecule has 3 aromatic rings. The smallest absolute Gasteiger partial charge is 0.405 e. The highest BCUT2D eigenvalue weighted by atomic mass is 16.5. The fourth-order valence-electron chi connectivity index (χ4n) is 9.48. The van der Waals surface area contributed by atoms with Gasteiger partial charge in [-0.1, -0.05) is 5.16 Å². The molecular formula is C38H51N9O6. The van der Waals surface area contributed by atoms with Crippen LogP contribution in [-0.4, -0.2) is 67.8 Å². The maximum atomic E-state index is 14.4. The molecule has 0 unspecified atom stereocenters. The zero-order valence-corrected chi connectivity index (χ0v) is 30.4. The number of aryl methyl sites for hydroxylation is 2. The van der Waals surface area contributed by atoms with Crippen molar-refractivity contribution in [2.75, 3.05) is 6.54 Å². The van der Waals surface area contributed by atoms with Crippen LogP contribution in [0.3, 0.4) is 0 Å². The van der Waals surface area contributed by atoms with Gasteiger partial charge in [0.05, 0.1) is 0 Å². The number of aromatic nitrogens is 3. The SMILES string of the molecule is Cc1cc(O)cc(C)c1C[C@H](NC(=O)[C@@H](CCCNC(=N)N)NC(=O)O)C(=O)N[C@@H](Cc1ccncc1)c1nc(CC23CC4CC(CC(C4)C2)C3)no1. The van der Waals surface area contributed by atoms with Crippen LogP contribution >= 0.6 is 0 Å². The van der Waals surface area contributed by atoms with Gasteiger partial charge in [0.2, 0.25) is 17.7 Å². The van der Waals surface area contributed by atoms with E-state index >= 15 is 0 Å². The lowest BCUT2D eigenvalue weighted by molar-refractivity contribution is -0.130. The fraction of sp³-hybridized carbons (Fsp3) is 0.553. The van der Waals surface area contributed by atoms with Crippen molar-refractivity contribution in [2.24, 2.45) is 28.9 Å². The van der Waals surface area contributed by atoms with Crippen LogP contribution in [0.25, 0.3) is 0 Å². The Hall–Kier alpha value is -5.21. The third-order valence-electron chi connectivity index (χ3n) is 11.3. The van der Waals surface area contributed by atoms with Gasteiger partial charge in [-0.2, -0.15) is 4.98 Å². The van der Waals surface area contributed by atoms with E-state index in [-0.39, 0.29) is 42.4 Å². The maximum absolute atomic E-state index is 14.4. The Morgan fingerprint density at radius 3 is 2.19 bits per heavy atom. The van der Waals surface area contributed by atoms with E-state index in [2.05, 4.69) is 31.4 Å². The van der Waals surface area contributed by atoms with Gasteiger partial charge in [-0.15, -0.1) is 0 Å². The van der Waals surface area contributed by atoms with Gasteiger partial charge in [-0.3, -0.25) is 20.0 Å². The number of phenols is 1. The van der Waals surface area contributed by atoms with E-state index in [0.29, 0.717) is 18.7 Å². The Morgan fingerprint density at radius 1 is 0.962 bits per heavy atom. The molecule has 2 heterocycles. The molecule has 53 heavy (non-hydrogen) atoms. The molecule has 15 heteroatoms. The lowest BCUT2D eigenvalue weighted by Gasteiger charge is -2.56. The van der Waals surface area contributed by atoms with Crippen molar-refractivity contribution in [1.29, 1.82) is 5.41 Å². The fourth-order valence-corrected chi connectivity index (χ4v) is 9.48. The second-order valence-electron chi connectivity index (χ2n) is 15.6. The van der Waals surface area contributed by atoms with Crippen LogP contribution in [0.15, 0.2) is 41.2 Å². The van der Waals surface area contributed by atoms with Gasteiger partial charge in [0.15, 0.2) is 11.8 Å². The number of nitrogens with two attached hydrogens (primary N) is 1. The summed E-state index contributed by atoms with van der Waals surface area (Å²) in [5.41, 5.74) is 8.63. The lowest BCUT2D eigenvalue weighted by Crippen LogP contribution is -2.55. The minimum atomic E-state index is -1.39. The Balaban J connectivity index is 1.24. The number of nitrogens with one attached hydrogen (secondary N) is 5. The highest BCUT2D eigenvalue weighted by Crippen LogP contribution is 2.60. The van der Waals surface area contributed by atoms with E-state index in [1.54, 1.807) is 24.5 Å². The standard InChI is InChI=1S/C38H51N9O6/c1-21-10-27(48)11-22(2)28(21)16-30(43-33(49)29(45-37(51)52)4-3-7-42-36(39)40)34(50)44-31(15-23-5-8-41-9-6-23)35-46-32(47-53-35)20-38-17-24-12-25(18-38)14-26(13-24)19-38/h5-6,8-11,24-26,29-31,45,48H,3-4,7,12-20H2,1-2H3,(H,43,49)(H,44,50)(H,51,52)(H4,39,40,42)/t24?,25?,26?,29-,30+,31+,38?/m1/s1. The number of amides is 3. The Kier molecular flexibility index (Phi) is 11.5. The first-order valence-electron chi connectivity index (χ1n) is 18.5.